The van der Waals surface area contributed by atoms with Gasteiger partial charge in [-0.3, -0.25) is 0 Å². The van der Waals surface area contributed by atoms with Crippen molar-refractivity contribution < 1.29 is 4.42 Å². The Labute approximate surface area is 176 Å². The van der Waals surface area contributed by atoms with Gasteiger partial charge < -0.3 is 9.40 Å². The molecule has 0 spiro atoms. The van der Waals surface area contributed by atoms with Crippen molar-refractivity contribution in [1.29, 1.82) is 0 Å². The molecule has 7 heteroatoms. The van der Waals surface area contributed by atoms with Gasteiger partial charge in [-0.2, -0.15) is 0 Å². The first-order valence-electron chi connectivity index (χ1n) is 9.01. The number of thioether (sulfide) groups is 1. The van der Waals surface area contributed by atoms with Gasteiger partial charge >= 0.3 is 0 Å². The molecule has 0 radical (unpaired) electrons. The molecule has 5 nitrogen and oxygen atoms in total. The van der Waals surface area contributed by atoms with E-state index in [9.17, 15) is 0 Å². The lowest BCUT2D eigenvalue weighted by atomic mass is 10.1. The topological polar surface area (TPSA) is 67.6 Å². The summed E-state index contributed by atoms with van der Waals surface area (Å²) in [6.45, 7) is 0. The molecule has 0 saturated carbocycles. The van der Waals surface area contributed by atoms with Crippen molar-refractivity contribution in [2.45, 2.75) is 11.0 Å². The molecule has 0 aliphatic carbocycles. The summed E-state index contributed by atoms with van der Waals surface area (Å²) >= 11 is 7.58. The summed E-state index contributed by atoms with van der Waals surface area (Å²) in [5, 5.41) is 9.55. The Balaban J connectivity index is 1.32. The Bertz CT molecular complexity index is 1270. The van der Waals surface area contributed by atoms with Crippen LogP contribution in [-0.2, 0) is 5.75 Å². The highest BCUT2D eigenvalue weighted by atomic mass is 35.5. The normalized spacial score (nSPS) is 11.2. The van der Waals surface area contributed by atoms with Gasteiger partial charge in [0, 0.05) is 21.9 Å². The molecule has 0 bridgehead atoms. The lowest BCUT2D eigenvalue weighted by molar-refractivity contribution is 0.466. The molecule has 0 atom stereocenters. The third-order valence-electron chi connectivity index (χ3n) is 4.46. The van der Waals surface area contributed by atoms with Gasteiger partial charge in [0.1, 0.15) is 5.82 Å². The van der Waals surface area contributed by atoms with E-state index in [0.717, 1.165) is 33.7 Å². The number of benzene rings is 3. The van der Waals surface area contributed by atoms with Crippen LogP contribution in [0.1, 0.15) is 5.56 Å². The summed E-state index contributed by atoms with van der Waals surface area (Å²) in [5.74, 6) is 2.08. The number of aromatic amines is 1. The fourth-order valence-corrected chi connectivity index (χ4v) is 3.88. The van der Waals surface area contributed by atoms with E-state index in [1.54, 1.807) is 0 Å². The minimum atomic E-state index is 0.503. The maximum absolute atomic E-state index is 6.05. The number of hydrogen-bond acceptors (Lipinski definition) is 5. The van der Waals surface area contributed by atoms with Gasteiger partial charge in [0.15, 0.2) is 0 Å². The smallest absolute Gasteiger partial charge is 0.277 e. The van der Waals surface area contributed by atoms with Gasteiger partial charge in [0.2, 0.25) is 5.89 Å². The van der Waals surface area contributed by atoms with Gasteiger partial charge in [-0.25, -0.2) is 4.98 Å². The number of halogens is 1. The molecule has 1 N–H and O–H groups in total. The molecule has 0 amide bonds. The zero-order chi connectivity index (χ0) is 19.6. The fourth-order valence-electron chi connectivity index (χ4n) is 2.99. The molecule has 2 heterocycles. The largest absolute Gasteiger partial charge is 0.411 e. The average molecular weight is 419 g/mol. The van der Waals surface area contributed by atoms with Crippen molar-refractivity contribution in [2.24, 2.45) is 0 Å². The Hall–Kier alpha value is -3.09. The van der Waals surface area contributed by atoms with Crippen molar-refractivity contribution in [1.82, 2.24) is 20.2 Å². The maximum atomic E-state index is 6.05. The molecular formula is C22H15ClN4OS. The van der Waals surface area contributed by atoms with E-state index in [0.29, 0.717) is 16.1 Å². The molecule has 29 heavy (non-hydrogen) atoms. The van der Waals surface area contributed by atoms with Crippen LogP contribution in [0.3, 0.4) is 0 Å². The van der Waals surface area contributed by atoms with E-state index in [1.807, 2.05) is 60.7 Å². The first kappa shape index (κ1) is 18.0. The molecule has 3 aromatic carbocycles. The number of nitrogens with one attached hydrogen (secondary N) is 1. The minimum Gasteiger partial charge on any atom is -0.411 e. The van der Waals surface area contributed by atoms with Crippen LogP contribution < -0.4 is 0 Å². The quantitative estimate of drug-likeness (QED) is 0.343. The van der Waals surface area contributed by atoms with Gasteiger partial charge in [0.05, 0.1) is 11.0 Å². The third-order valence-corrected chi connectivity index (χ3v) is 5.59. The predicted octanol–water partition coefficient (Wildman–Crippen LogP) is 6.23. The Morgan fingerprint density at radius 1 is 0.897 bits per heavy atom. The Morgan fingerprint density at radius 3 is 2.52 bits per heavy atom. The van der Waals surface area contributed by atoms with Crippen molar-refractivity contribution in [3.63, 3.8) is 0 Å². The van der Waals surface area contributed by atoms with Gasteiger partial charge in [0.25, 0.3) is 5.22 Å². The van der Waals surface area contributed by atoms with Crippen LogP contribution in [0.4, 0.5) is 0 Å². The van der Waals surface area contributed by atoms with Crippen LogP contribution >= 0.6 is 23.4 Å². The molecule has 142 valence electrons. The number of aromatic nitrogens is 4. The fraction of sp³-hybridized carbons (Fsp3) is 0.0455. The second-order valence-electron chi connectivity index (χ2n) is 6.47. The van der Waals surface area contributed by atoms with Crippen LogP contribution in [0.5, 0.6) is 0 Å². The van der Waals surface area contributed by atoms with Crippen LogP contribution in [0, 0.1) is 0 Å². The lowest BCUT2D eigenvalue weighted by Gasteiger charge is -1.99. The molecule has 0 fully saturated rings. The zero-order valence-corrected chi connectivity index (χ0v) is 16.7. The first-order chi connectivity index (χ1) is 14.2. The van der Waals surface area contributed by atoms with Crippen molar-refractivity contribution in [2.75, 3.05) is 0 Å². The van der Waals surface area contributed by atoms with E-state index in [-0.39, 0.29) is 0 Å². The summed E-state index contributed by atoms with van der Waals surface area (Å²) in [4.78, 5) is 7.91. The number of hydrogen-bond donors (Lipinski definition) is 1. The van der Waals surface area contributed by atoms with E-state index < -0.39 is 0 Å². The van der Waals surface area contributed by atoms with Crippen molar-refractivity contribution in [3.05, 3.63) is 83.4 Å². The minimum absolute atomic E-state index is 0.503. The zero-order valence-electron chi connectivity index (χ0n) is 15.2. The lowest BCUT2D eigenvalue weighted by Crippen LogP contribution is -1.82. The van der Waals surface area contributed by atoms with Gasteiger partial charge in [-0.05, 0) is 35.9 Å². The highest BCUT2D eigenvalue weighted by molar-refractivity contribution is 7.98. The molecular weight excluding hydrogens is 404 g/mol. The molecule has 2 aromatic heterocycles. The van der Waals surface area contributed by atoms with Crippen molar-refractivity contribution in [3.8, 4) is 22.8 Å². The van der Waals surface area contributed by atoms with Crippen LogP contribution in [0.15, 0.2) is 82.4 Å². The molecule has 0 unspecified atom stereocenters. The Kier molecular flexibility index (Phi) is 4.79. The van der Waals surface area contributed by atoms with E-state index >= 15 is 0 Å². The van der Waals surface area contributed by atoms with E-state index in [1.165, 1.54) is 17.3 Å². The molecule has 0 aliphatic heterocycles. The second kappa shape index (κ2) is 7.73. The third kappa shape index (κ3) is 3.90. The van der Waals surface area contributed by atoms with Gasteiger partial charge in [-0.1, -0.05) is 65.8 Å². The second-order valence-corrected chi connectivity index (χ2v) is 7.83. The van der Waals surface area contributed by atoms with Gasteiger partial charge in [-0.15, -0.1) is 10.2 Å². The standard InChI is InChI=1S/C22H15ClN4OS/c23-17-10-11-18-19(12-17)25-20(24-18)15-6-8-16(9-7-15)21-26-27-22(28-21)29-13-14-4-2-1-3-5-14/h1-12H,13H2,(H,24,25). The average Bonchev–Trinajstić information content (AvgIpc) is 3.40. The summed E-state index contributed by atoms with van der Waals surface area (Å²) in [5.41, 5.74) is 4.85. The molecule has 0 saturated heterocycles. The Morgan fingerprint density at radius 2 is 1.69 bits per heavy atom. The van der Waals surface area contributed by atoms with Crippen LogP contribution in [0.2, 0.25) is 5.02 Å². The highest BCUT2D eigenvalue weighted by Gasteiger charge is 2.11. The number of H-pyrrole nitrogens is 1. The summed E-state index contributed by atoms with van der Waals surface area (Å²) in [6.07, 6.45) is 0. The molecule has 5 rings (SSSR count). The summed E-state index contributed by atoms with van der Waals surface area (Å²) in [6, 6.07) is 23.7. The highest BCUT2D eigenvalue weighted by Crippen LogP contribution is 2.28. The van der Waals surface area contributed by atoms with Crippen LogP contribution in [-0.4, -0.2) is 20.2 Å². The molecule has 0 aliphatic rings. The van der Waals surface area contributed by atoms with Crippen LogP contribution in [0.25, 0.3) is 33.9 Å². The number of fused-ring (bicyclic) bond motifs is 1. The number of imidazole rings is 1. The molecule has 5 aromatic rings. The van der Waals surface area contributed by atoms with Crippen molar-refractivity contribution >= 4 is 34.4 Å². The monoisotopic (exact) mass is 418 g/mol. The van der Waals surface area contributed by atoms with E-state index in [4.69, 9.17) is 16.0 Å². The SMILES string of the molecule is Clc1ccc2nc(-c3ccc(-c4nnc(SCc5ccccc5)o4)cc3)[nH]c2c1. The number of nitrogens with zero attached hydrogens (tertiary/aromatic N) is 3. The summed E-state index contributed by atoms with van der Waals surface area (Å²) < 4.78 is 5.80. The summed E-state index contributed by atoms with van der Waals surface area (Å²) in [7, 11) is 0. The number of rotatable bonds is 5. The predicted molar refractivity (Wildman–Crippen MR) is 116 cm³/mol. The first-order valence-corrected chi connectivity index (χ1v) is 10.4. The maximum Gasteiger partial charge on any atom is 0.277 e. The van der Waals surface area contributed by atoms with E-state index in [2.05, 4.69) is 32.3 Å².